The van der Waals surface area contributed by atoms with Gasteiger partial charge in [0, 0.05) is 25.6 Å². The maximum Gasteiger partial charge on any atom is 0.295 e. The Labute approximate surface area is 107 Å². The second-order valence-corrected chi connectivity index (χ2v) is 4.80. The lowest BCUT2D eigenvalue weighted by molar-refractivity contribution is 0.0625. The molecule has 6 nitrogen and oxygen atoms in total. The molecule has 0 aromatic carbocycles. The van der Waals surface area contributed by atoms with Crippen LogP contribution in [-0.2, 0) is 0 Å². The summed E-state index contributed by atoms with van der Waals surface area (Å²) in [5.41, 5.74) is 5.89. The first kappa shape index (κ1) is 13.0. The fourth-order valence-corrected chi connectivity index (χ4v) is 2.50. The van der Waals surface area contributed by atoms with Crippen LogP contribution in [0.15, 0.2) is 4.52 Å². The first-order chi connectivity index (χ1) is 8.61. The van der Waals surface area contributed by atoms with E-state index >= 15 is 0 Å². The number of carbonyl (C=O) groups excluding carboxylic acids is 1. The fourth-order valence-electron chi connectivity index (χ4n) is 2.50. The molecule has 6 heteroatoms. The van der Waals surface area contributed by atoms with E-state index in [1.54, 1.807) is 6.92 Å². The van der Waals surface area contributed by atoms with Gasteiger partial charge in [0.25, 0.3) is 11.7 Å². The SMILES string of the molecule is CCN(C(=O)c1noc(C)n1)C1CCC(N)CC1. The van der Waals surface area contributed by atoms with Gasteiger partial charge in [0.15, 0.2) is 0 Å². The zero-order valence-electron chi connectivity index (χ0n) is 10.9. The topological polar surface area (TPSA) is 85.2 Å². The van der Waals surface area contributed by atoms with Gasteiger partial charge in [0.05, 0.1) is 0 Å². The summed E-state index contributed by atoms with van der Waals surface area (Å²) in [6.45, 7) is 4.31. The Hall–Kier alpha value is -1.43. The molecule has 1 saturated carbocycles. The molecule has 1 fully saturated rings. The molecule has 0 bridgehead atoms. The van der Waals surface area contributed by atoms with E-state index in [1.165, 1.54) is 0 Å². The van der Waals surface area contributed by atoms with Gasteiger partial charge in [-0.25, -0.2) is 0 Å². The van der Waals surface area contributed by atoms with Crippen LogP contribution in [0.5, 0.6) is 0 Å². The maximum absolute atomic E-state index is 12.3. The Morgan fingerprint density at radius 1 is 1.44 bits per heavy atom. The van der Waals surface area contributed by atoms with Crippen molar-refractivity contribution in [2.75, 3.05) is 6.54 Å². The Morgan fingerprint density at radius 3 is 2.61 bits per heavy atom. The summed E-state index contributed by atoms with van der Waals surface area (Å²) in [5, 5.41) is 3.69. The van der Waals surface area contributed by atoms with Crippen LogP contribution < -0.4 is 5.73 Å². The van der Waals surface area contributed by atoms with Gasteiger partial charge in [-0.05, 0) is 32.6 Å². The van der Waals surface area contributed by atoms with Crippen molar-refractivity contribution in [3.8, 4) is 0 Å². The first-order valence-corrected chi connectivity index (χ1v) is 6.48. The third kappa shape index (κ3) is 2.69. The van der Waals surface area contributed by atoms with Gasteiger partial charge in [-0.3, -0.25) is 4.79 Å². The number of hydrogen-bond donors (Lipinski definition) is 1. The summed E-state index contributed by atoms with van der Waals surface area (Å²) in [7, 11) is 0. The van der Waals surface area contributed by atoms with Crippen molar-refractivity contribution in [3.63, 3.8) is 0 Å². The van der Waals surface area contributed by atoms with E-state index in [4.69, 9.17) is 10.3 Å². The summed E-state index contributed by atoms with van der Waals surface area (Å²) in [5.74, 6) is 0.430. The lowest BCUT2D eigenvalue weighted by atomic mass is 9.90. The van der Waals surface area contributed by atoms with Gasteiger partial charge in [-0.2, -0.15) is 4.98 Å². The predicted molar refractivity (Wildman–Crippen MR) is 66.0 cm³/mol. The summed E-state index contributed by atoms with van der Waals surface area (Å²) in [4.78, 5) is 18.1. The quantitative estimate of drug-likeness (QED) is 0.871. The standard InChI is InChI=1S/C12H20N4O2/c1-3-16(10-6-4-9(13)5-7-10)12(17)11-14-8(2)18-15-11/h9-10H,3-7,13H2,1-2H3. The summed E-state index contributed by atoms with van der Waals surface area (Å²) in [6.07, 6.45) is 3.86. The van der Waals surface area contributed by atoms with Crippen molar-refractivity contribution >= 4 is 5.91 Å². The molecule has 0 atom stereocenters. The highest BCUT2D eigenvalue weighted by molar-refractivity contribution is 5.90. The van der Waals surface area contributed by atoms with Crippen LogP contribution in [0, 0.1) is 6.92 Å². The van der Waals surface area contributed by atoms with Gasteiger partial charge < -0.3 is 15.2 Å². The molecule has 1 amide bonds. The lowest BCUT2D eigenvalue weighted by Gasteiger charge is -2.34. The Morgan fingerprint density at radius 2 is 2.11 bits per heavy atom. The zero-order valence-corrected chi connectivity index (χ0v) is 10.9. The van der Waals surface area contributed by atoms with Gasteiger partial charge in [0.2, 0.25) is 5.89 Å². The van der Waals surface area contributed by atoms with E-state index < -0.39 is 0 Å². The number of hydrogen-bond acceptors (Lipinski definition) is 5. The lowest BCUT2D eigenvalue weighted by Crippen LogP contribution is -2.44. The number of nitrogens with zero attached hydrogens (tertiary/aromatic N) is 3. The molecule has 1 aliphatic rings. The number of rotatable bonds is 3. The molecule has 100 valence electrons. The third-order valence-electron chi connectivity index (χ3n) is 3.50. The highest BCUT2D eigenvalue weighted by atomic mass is 16.5. The highest BCUT2D eigenvalue weighted by Gasteiger charge is 2.29. The molecule has 0 saturated heterocycles. The van der Waals surface area contributed by atoms with Gasteiger partial charge >= 0.3 is 0 Å². The Bertz CT molecular complexity index is 410. The second kappa shape index (κ2) is 5.48. The average molecular weight is 252 g/mol. The summed E-state index contributed by atoms with van der Waals surface area (Å²) in [6, 6.07) is 0.531. The monoisotopic (exact) mass is 252 g/mol. The number of aromatic nitrogens is 2. The largest absolute Gasteiger partial charge is 0.339 e. The van der Waals surface area contributed by atoms with E-state index in [0.717, 1.165) is 25.7 Å². The molecule has 2 rings (SSSR count). The minimum atomic E-state index is -0.144. The van der Waals surface area contributed by atoms with Gasteiger partial charge in [0.1, 0.15) is 0 Å². The van der Waals surface area contributed by atoms with Crippen molar-refractivity contribution in [1.29, 1.82) is 0 Å². The summed E-state index contributed by atoms with van der Waals surface area (Å²) >= 11 is 0. The molecule has 1 aromatic rings. The van der Waals surface area contributed by atoms with E-state index in [9.17, 15) is 4.79 Å². The van der Waals surface area contributed by atoms with Crippen molar-refractivity contribution in [3.05, 3.63) is 11.7 Å². The van der Waals surface area contributed by atoms with Crippen LogP contribution in [0.4, 0.5) is 0 Å². The van der Waals surface area contributed by atoms with Crippen molar-refractivity contribution in [1.82, 2.24) is 15.0 Å². The van der Waals surface area contributed by atoms with Crippen LogP contribution in [0.2, 0.25) is 0 Å². The van der Waals surface area contributed by atoms with Crippen LogP contribution >= 0.6 is 0 Å². The molecule has 1 aromatic heterocycles. The fraction of sp³-hybridized carbons (Fsp3) is 0.750. The van der Waals surface area contributed by atoms with Crippen LogP contribution in [0.1, 0.15) is 49.1 Å². The Balaban J connectivity index is 2.06. The number of nitrogens with two attached hydrogens (primary N) is 1. The average Bonchev–Trinajstić information content (AvgIpc) is 2.79. The molecule has 18 heavy (non-hydrogen) atoms. The molecule has 0 spiro atoms. The van der Waals surface area contributed by atoms with Crippen molar-refractivity contribution in [2.45, 2.75) is 51.6 Å². The van der Waals surface area contributed by atoms with Gasteiger partial charge in [-0.1, -0.05) is 5.16 Å². The molecular weight excluding hydrogens is 232 g/mol. The number of carbonyl (C=O) groups is 1. The smallest absolute Gasteiger partial charge is 0.295 e. The van der Waals surface area contributed by atoms with E-state index in [0.29, 0.717) is 12.4 Å². The third-order valence-corrected chi connectivity index (χ3v) is 3.50. The summed E-state index contributed by atoms with van der Waals surface area (Å²) < 4.78 is 4.86. The number of amides is 1. The van der Waals surface area contributed by atoms with Crippen LogP contribution in [0.3, 0.4) is 0 Å². The molecule has 2 N–H and O–H groups in total. The normalized spacial score (nSPS) is 23.9. The molecular formula is C12H20N4O2. The molecule has 0 radical (unpaired) electrons. The maximum atomic E-state index is 12.3. The number of aryl methyl sites for hydroxylation is 1. The molecule has 1 heterocycles. The minimum Gasteiger partial charge on any atom is -0.339 e. The first-order valence-electron chi connectivity index (χ1n) is 6.48. The van der Waals surface area contributed by atoms with Crippen LogP contribution in [0.25, 0.3) is 0 Å². The minimum absolute atomic E-state index is 0.144. The van der Waals surface area contributed by atoms with Crippen LogP contribution in [-0.4, -0.2) is 39.6 Å². The zero-order chi connectivity index (χ0) is 13.1. The van der Waals surface area contributed by atoms with Gasteiger partial charge in [-0.15, -0.1) is 0 Å². The van der Waals surface area contributed by atoms with E-state index in [-0.39, 0.29) is 23.8 Å². The molecule has 0 unspecified atom stereocenters. The molecule has 0 aliphatic heterocycles. The highest BCUT2D eigenvalue weighted by Crippen LogP contribution is 2.23. The Kier molecular flexibility index (Phi) is 3.96. The van der Waals surface area contributed by atoms with Crippen molar-refractivity contribution in [2.24, 2.45) is 5.73 Å². The van der Waals surface area contributed by atoms with E-state index in [2.05, 4.69) is 10.1 Å². The van der Waals surface area contributed by atoms with E-state index in [1.807, 2.05) is 11.8 Å². The second-order valence-electron chi connectivity index (χ2n) is 4.80. The predicted octanol–water partition coefficient (Wildman–Crippen LogP) is 1.11. The molecule has 1 aliphatic carbocycles. The van der Waals surface area contributed by atoms with Crippen molar-refractivity contribution < 1.29 is 9.32 Å².